The van der Waals surface area contributed by atoms with Crippen molar-refractivity contribution in [3.63, 3.8) is 0 Å². The zero-order valence-corrected chi connectivity index (χ0v) is 19.2. The van der Waals surface area contributed by atoms with Crippen LogP contribution in [0, 0.1) is 18.3 Å². The van der Waals surface area contributed by atoms with Crippen LogP contribution in [0.4, 0.5) is 0 Å². The highest BCUT2D eigenvalue weighted by molar-refractivity contribution is 7.78. The summed E-state index contributed by atoms with van der Waals surface area (Å²) in [5.41, 5.74) is 3.87. The highest BCUT2D eigenvalue weighted by Crippen LogP contribution is 2.15. The lowest BCUT2D eigenvalue weighted by molar-refractivity contribution is -0.126. The number of unbranched alkanes of at least 4 members (excludes halogenated alkanes) is 1. The van der Waals surface area contributed by atoms with Crippen molar-refractivity contribution in [3.05, 3.63) is 29.1 Å². The number of aromatic nitrogens is 1. The van der Waals surface area contributed by atoms with E-state index >= 15 is 0 Å². The Morgan fingerprint density at radius 3 is 2.37 bits per heavy atom. The number of likely N-dealkylation sites (N-methyl/N-ethyl adjacent to an activating group) is 1. The van der Waals surface area contributed by atoms with E-state index in [-0.39, 0.29) is 5.78 Å². The van der Waals surface area contributed by atoms with Crippen LogP contribution in [0.1, 0.15) is 84.0 Å². The number of carbonyl (C=O) groups excluding carboxylic acids is 1. The number of thiocarbonyl (C=S) groups is 1. The predicted molar refractivity (Wildman–Crippen MR) is 119 cm³/mol. The zero-order chi connectivity index (χ0) is 21.5. The number of rotatable bonds is 8. The molecule has 0 spiro atoms. The van der Waals surface area contributed by atoms with Crippen LogP contribution in [0.5, 0.6) is 0 Å². The second-order valence-electron chi connectivity index (χ2n) is 6.68. The lowest BCUT2D eigenvalue weighted by Gasteiger charge is -2.32. The van der Waals surface area contributed by atoms with Crippen LogP contribution in [0.3, 0.4) is 0 Å². The standard InChI is InChI=1S/C11H14N2.C9H17NOS.C2H6/c1-3-4-5-10-6-9(2)8-13-11(10)7-12;1-5-6-8(11)9(2,3)10(4)7-12;1-2/h6,8H,3-5H2,1-2H3;7H,5-6H2,1-4H3;1-2H3. The molecule has 5 heteroatoms. The number of Topliss-reactive ketones (excluding diaryl/α,β-unsaturated/α-hetero) is 1. The van der Waals surface area contributed by atoms with Gasteiger partial charge in [-0.25, -0.2) is 4.98 Å². The number of ketones is 1. The van der Waals surface area contributed by atoms with Gasteiger partial charge >= 0.3 is 0 Å². The summed E-state index contributed by atoms with van der Waals surface area (Å²) in [6, 6.07) is 4.18. The fourth-order valence-electron chi connectivity index (χ4n) is 2.15. The van der Waals surface area contributed by atoms with Crippen LogP contribution in [0.2, 0.25) is 0 Å². The maximum absolute atomic E-state index is 11.6. The Hall–Kier alpha value is -1.80. The largest absolute Gasteiger partial charge is 0.360 e. The molecule has 0 fully saturated rings. The molecule has 0 N–H and O–H groups in total. The molecule has 0 saturated carbocycles. The molecule has 0 atom stereocenters. The van der Waals surface area contributed by atoms with E-state index in [0.29, 0.717) is 12.1 Å². The summed E-state index contributed by atoms with van der Waals surface area (Å²) >= 11 is 4.77. The van der Waals surface area contributed by atoms with Crippen molar-refractivity contribution in [2.45, 2.75) is 86.1 Å². The highest BCUT2D eigenvalue weighted by atomic mass is 32.1. The van der Waals surface area contributed by atoms with Crippen molar-refractivity contribution in [3.8, 4) is 6.07 Å². The van der Waals surface area contributed by atoms with Gasteiger partial charge in [-0.15, -0.1) is 0 Å². The molecule has 1 aromatic heterocycles. The molecule has 0 bridgehead atoms. The van der Waals surface area contributed by atoms with E-state index in [1.54, 1.807) is 11.1 Å². The van der Waals surface area contributed by atoms with Crippen LogP contribution in [-0.4, -0.2) is 33.7 Å². The van der Waals surface area contributed by atoms with Gasteiger partial charge in [0.05, 0.1) is 11.0 Å². The molecule has 152 valence electrons. The second-order valence-corrected chi connectivity index (χ2v) is 6.90. The first kappa shape index (κ1) is 27.4. The van der Waals surface area contributed by atoms with E-state index in [1.165, 1.54) is 5.49 Å². The molecule has 0 amide bonds. The first-order valence-electron chi connectivity index (χ1n) is 9.81. The minimum atomic E-state index is -0.447. The molecule has 1 aromatic rings. The molecule has 0 radical (unpaired) electrons. The number of nitriles is 1. The van der Waals surface area contributed by atoms with Gasteiger partial charge in [0, 0.05) is 19.7 Å². The molecule has 27 heavy (non-hydrogen) atoms. The van der Waals surface area contributed by atoms with Gasteiger partial charge in [0.15, 0.2) is 5.78 Å². The van der Waals surface area contributed by atoms with Gasteiger partial charge in [-0.05, 0) is 51.2 Å². The van der Waals surface area contributed by atoms with Crippen molar-refractivity contribution in [1.82, 2.24) is 9.88 Å². The minimum Gasteiger partial charge on any atom is -0.360 e. The summed E-state index contributed by atoms with van der Waals surface area (Å²) < 4.78 is 0. The average Bonchev–Trinajstić information content (AvgIpc) is 2.67. The molecule has 0 aromatic carbocycles. The van der Waals surface area contributed by atoms with E-state index in [2.05, 4.69) is 24.0 Å². The highest BCUT2D eigenvalue weighted by Gasteiger charge is 2.29. The SMILES string of the molecule is CC.CCCC(=O)C(C)(C)N(C)C=S.CCCCc1cc(C)cnc1C#N. The summed E-state index contributed by atoms with van der Waals surface area (Å²) in [5, 5.41) is 8.80. The molecular formula is C22H37N3OS. The predicted octanol–water partition coefficient (Wildman–Crippen LogP) is 5.65. The first-order chi connectivity index (χ1) is 12.7. The normalized spacial score (nSPS) is 9.74. The van der Waals surface area contributed by atoms with Gasteiger partial charge in [-0.2, -0.15) is 5.26 Å². The Labute approximate surface area is 172 Å². The Kier molecular flexibility index (Phi) is 15.5. The fraction of sp³-hybridized carbons (Fsp3) is 0.636. The van der Waals surface area contributed by atoms with Gasteiger partial charge in [-0.3, -0.25) is 4.79 Å². The van der Waals surface area contributed by atoms with Gasteiger partial charge in [0.1, 0.15) is 11.8 Å². The van der Waals surface area contributed by atoms with Crippen molar-refractivity contribution in [2.24, 2.45) is 0 Å². The van der Waals surface area contributed by atoms with Crippen molar-refractivity contribution < 1.29 is 4.79 Å². The Morgan fingerprint density at radius 1 is 1.33 bits per heavy atom. The Balaban J connectivity index is 0. The Morgan fingerprint density at radius 2 is 1.93 bits per heavy atom. The van der Waals surface area contributed by atoms with Gasteiger partial charge in [-0.1, -0.05) is 52.4 Å². The molecule has 0 aliphatic carbocycles. The molecule has 0 aliphatic heterocycles. The molecule has 0 saturated heterocycles. The third-order valence-electron chi connectivity index (χ3n) is 4.21. The summed E-state index contributed by atoms with van der Waals surface area (Å²) in [4.78, 5) is 17.4. The van der Waals surface area contributed by atoms with Crippen molar-refractivity contribution in [2.75, 3.05) is 7.05 Å². The lowest BCUT2D eigenvalue weighted by atomic mass is 9.94. The molecule has 1 rings (SSSR count). The zero-order valence-electron chi connectivity index (χ0n) is 18.4. The number of nitrogens with zero attached hydrogens (tertiary/aromatic N) is 3. The quantitative estimate of drug-likeness (QED) is 0.536. The maximum Gasteiger partial charge on any atom is 0.157 e. The Bertz CT molecular complexity index is 606. The minimum absolute atomic E-state index is 0.244. The molecule has 4 nitrogen and oxygen atoms in total. The maximum atomic E-state index is 11.6. The number of aryl methyl sites for hydroxylation is 2. The summed E-state index contributed by atoms with van der Waals surface area (Å²) in [6.45, 7) is 14.0. The first-order valence-corrected chi connectivity index (χ1v) is 10.3. The van der Waals surface area contributed by atoms with Gasteiger partial charge < -0.3 is 4.90 Å². The number of hydrogen-bond acceptors (Lipinski definition) is 4. The summed E-state index contributed by atoms with van der Waals surface area (Å²) in [7, 11) is 1.83. The topological polar surface area (TPSA) is 57.0 Å². The van der Waals surface area contributed by atoms with Crippen LogP contribution >= 0.6 is 12.2 Å². The third-order valence-corrected chi connectivity index (χ3v) is 4.52. The van der Waals surface area contributed by atoms with Crippen molar-refractivity contribution in [1.29, 1.82) is 5.26 Å². The van der Waals surface area contributed by atoms with E-state index in [9.17, 15) is 4.79 Å². The van der Waals surface area contributed by atoms with E-state index in [4.69, 9.17) is 17.5 Å². The van der Waals surface area contributed by atoms with E-state index < -0.39 is 5.54 Å². The lowest BCUT2D eigenvalue weighted by Crippen LogP contribution is -2.46. The smallest absolute Gasteiger partial charge is 0.157 e. The third kappa shape index (κ3) is 10.2. The number of carbonyl (C=O) groups is 1. The summed E-state index contributed by atoms with van der Waals surface area (Å²) in [6.07, 6.45) is 6.51. The molecule has 1 heterocycles. The van der Waals surface area contributed by atoms with E-state index in [0.717, 1.165) is 36.8 Å². The van der Waals surface area contributed by atoms with Crippen LogP contribution in [-0.2, 0) is 11.2 Å². The number of pyridine rings is 1. The molecule has 0 unspecified atom stereocenters. The van der Waals surface area contributed by atoms with Crippen LogP contribution in [0.25, 0.3) is 0 Å². The monoisotopic (exact) mass is 391 g/mol. The van der Waals surface area contributed by atoms with Gasteiger partial charge in [0.2, 0.25) is 0 Å². The number of hydrogen-bond donors (Lipinski definition) is 0. The fourth-order valence-corrected chi connectivity index (χ4v) is 2.41. The van der Waals surface area contributed by atoms with Crippen LogP contribution in [0.15, 0.2) is 12.3 Å². The van der Waals surface area contributed by atoms with Crippen molar-refractivity contribution >= 4 is 23.5 Å². The van der Waals surface area contributed by atoms with E-state index in [1.807, 2.05) is 48.6 Å². The van der Waals surface area contributed by atoms with Crippen LogP contribution < -0.4 is 0 Å². The molecular weight excluding hydrogens is 354 g/mol. The molecule has 0 aliphatic rings. The second kappa shape index (κ2) is 15.3. The average molecular weight is 392 g/mol. The van der Waals surface area contributed by atoms with Gasteiger partial charge in [0.25, 0.3) is 0 Å². The summed E-state index contributed by atoms with van der Waals surface area (Å²) in [5.74, 6) is 0.244.